The highest BCUT2D eigenvalue weighted by Gasteiger charge is 2.49. The van der Waals surface area contributed by atoms with Crippen LogP contribution in [-0.2, 0) is 57.7 Å². The van der Waals surface area contributed by atoms with Crippen LogP contribution in [0.2, 0.25) is 0 Å². The third kappa shape index (κ3) is 18.3. The lowest BCUT2D eigenvalue weighted by molar-refractivity contribution is -0.326. The number of hydrogen-bond acceptors (Lipinski definition) is 8. The number of unbranched alkanes of at least 4 members (excludes halogenated alkanes) is 13. The van der Waals surface area contributed by atoms with Crippen LogP contribution in [0.4, 0.5) is 0 Å². The molecule has 1 heterocycles. The Bertz CT molecular complexity index is 1330. The molecule has 1 saturated heterocycles. The molecule has 1 fully saturated rings. The molecule has 0 saturated carbocycles. The number of ether oxygens (including phenoxy) is 8. The Morgan fingerprint density at radius 1 is 0.500 bits per heavy atom. The summed E-state index contributed by atoms with van der Waals surface area (Å²) in [4.78, 5) is 0. The predicted octanol–water partition coefficient (Wildman–Crippen LogP) is 10.6. The number of rotatable bonds is 32. The molecule has 8 nitrogen and oxygen atoms in total. The first-order chi connectivity index (χ1) is 27.7. The second-order valence-electron chi connectivity index (χ2n) is 15.1. The molecule has 1 aliphatic rings. The average molecular weight is 777 g/mol. The van der Waals surface area contributed by atoms with Crippen LogP contribution < -0.4 is 0 Å². The summed E-state index contributed by atoms with van der Waals surface area (Å²) in [5.74, 6) is 0. The molecule has 312 valence electrons. The topological polar surface area (TPSA) is 73.8 Å². The molecule has 3 aromatic carbocycles. The molecule has 0 radical (unpaired) electrons. The Morgan fingerprint density at radius 3 is 1.48 bits per heavy atom. The van der Waals surface area contributed by atoms with E-state index in [1.807, 2.05) is 54.6 Å². The van der Waals surface area contributed by atoms with Crippen molar-refractivity contribution >= 4 is 0 Å². The van der Waals surface area contributed by atoms with Gasteiger partial charge in [-0.05, 0) is 23.1 Å². The first-order valence-electron chi connectivity index (χ1n) is 21.5. The molecule has 3 aromatic rings. The first-order valence-corrected chi connectivity index (χ1v) is 21.5. The van der Waals surface area contributed by atoms with Gasteiger partial charge < -0.3 is 37.9 Å². The lowest BCUT2D eigenvalue weighted by atomic mass is 9.98. The van der Waals surface area contributed by atoms with Gasteiger partial charge in [-0.25, -0.2) is 0 Å². The van der Waals surface area contributed by atoms with Crippen molar-refractivity contribution in [2.45, 2.75) is 153 Å². The fourth-order valence-electron chi connectivity index (χ4n) is 7.19. The van der Waals surface area contributed by atoms with Crippen molar-refractivity contribution in [2.24, 2.45) is 0 Å². The van der Waals surface area contributed by atoms with Gasteiger partial charge in [0.05, 0.1) is 39.6 Å². The van der Waals surface area contributed by atoms with Gasteiger partial charge in [-0.15, -0.1) is 0 Å². The smallest absolute Gasteiger partial charge is 0.187 e. The normalized spacial score (nSPS) is 20.3. The maximum atomic E-state index is 6.67. The quantitative estimate of drug-likeness (QED) is 0.0581. The molecule has 8 heteroatoms. The minimum absolute atomic E-state index is 0.258. The zero-order chi connectivity index (χ0) is 39.3. The van der Waals surface area contributed by atoms with E-state index in [2.05, 4.69) is 43.3 Å². The molecule has 0 N–H and O–H groups in total. The monoisotopic (exact) mass is 777 g/mol. The second-order valence-corrected chi connectivity index (χ2v) is 15.1. The maximum absolute atomic E-state index is 6.67. The van der Waals surface area contributed by atoms with Crippen molar-refractivity contribution < 1.29 is 37.9 Å². The van der Waals surface area contributed by atoms with E-state index in [4.69, 9.17) is 37.9 Å². The number of methoxy groups -OCH3 is 2. The minimum atomic E-state index is -0.744. The van der Waals surface area contributed by atoms with E-state index in [0.717, 1.165) is 29.7 Å². The summed E-state index contributed by atoms with van der Waals surface area (Å²) in [7, 11) is 3.36. The van der Waals surface area contributed by atoms with Crippen LogP contribution >= 0.6 is 0 Å². The van der Waals surface area contributed by atoms with E-state index in [0.29, 0.717) is 26.4 Å². The summed E-state index contributed by atoms with van der Waals surface area (Å²) in [6.07, 6.45) is 15.7. The van der Waals surface area contributed by atoms with Crippen LogP contribution in [-0.4, -0.2) is 77.5 Å². The summed E-state index contributed by atoms with van der Waals surface area (Å²) >= 11 is 0. The molecule has 0 spiro atoms. The lowest BCUT2D eigenvalue weighted by Gasteiger charge is -2.45. The molecule has 0 bridgehead atoms. The minimum Gasteiger partial charge on any atom is -0.379 e. The van der Waals surface area contributed by atoms with Crippen molar-refractivity contribution in [1.29, 1.82) is 0 Å². The Morgan fingerprint density at radius 2 is 0.982 bits per heavy atom. The zero-order valence-electron chi connectivity index (χ0n) is 34.7. The predicted molar refractivity (Wildman–Crippen MR) is 223 cm³/mol. The van der Waals surface area contributed by atoms with Gasteiger partial charge in [0.1, 0.15) is 30.5 Å². The van der Waals surface area contributed by atoms with Crippen molar-refractivity contribution in [2.75, 3.05) is 40.6 Å². The Kier molecular flexibility index (Phi) is 24.3. The molecular formula is C48H72O8. The third-order valence-corrected chi connectivity index (χ3v) is 10.6. The van der Waals surface area contributed by atoms with E-state index in [1.165, 1.54) is 83.5 Å². The van der Waals surface area contributed by atoms with Gasteiger partial charge in [0.25, 0.3) is 0 Å². The Balaban J connectivity index is 1.26. The zero-order valence-corrected chi connectivity index (χ0v) is 34.7. The van der Waals surface area contributed by atoms with Gasteiger partial charge in [-0.3, -0.25) is 0 Å². The molecule has 0 aromatic heterocycles. The second kappa shape index (κ2) is 29.5. The molecule has 4 rings (SSSR count). The highest BCUT2D eigenvalue weighted by Crippen LogP contribution is 2.31. The third-order valence-electron chi connectivity index (χ3n) is 10.6. The Labute approximate surface area is 338 Å². The van der Waals surface area contributed by atoms with Gasteiger partial charge in [-0.2, -0.15) is 0 Å². The number of hydrogen-bond donors (Lipinski definition) is 0. The summed E-state index contributed by atoms with van der Waals surface area (Å²) in [5.41, 5.74) is 3.20. The standard InChI is InChI=1S/C48H72O8/c1-4-5-6-7-8-9-10-11-12-13-14-15-16-26-33-51-37-43(49-2)38-55-48-47(50-3)46(54-36-42-31-24-19-25-32-42)45(53-35-41-29-22-18-23-30-41)44(56-48)39-52-34-40-27-20-17-21-28-40/h17-25,27-32,43-48H,4-16,26,33-39H2,1-3H3/t43-,44-,45-,46+,47-,48-/m1/s1. The van der Waals surface area contributed by atoms with Gasteiger partial charge in [0.2, 0.25) is 0 Å². The van der Waals surface area contributed by atoms with Crippen molar-refractivity contribution in [1.82, 2.24) is 0 Å². The van der Waals surface area contributed by atoms with Gasteiger partial charge >= 0.3 is 0 Å². The molecule has 0 aliphatic carbocycles. The molecular weight excluding hydrogens is 705 g/mol. The van der Waals surface area contributed by atoms with Crippen LogP contribution in [0, 0.1) is 0 Å². The average Bonchev–Trinajstić information content (AvgIpc) is 3.24. The van der Waals surface area contributed by atoms with Crippen molar-refractivity contribution in [3.05, 3.63) is 108 Å². The summed E-state index contributed by atoms with van der Waals surface area (Å²) in [5, 5.41) is 0. The van der Waals surface area contributed by atoms with Crippen LogP contribution in [0.3, 0.4) is 0 Å². The van der Waals surface area contributed by atoms with Crippen LogP contribution in [0.1, 0.15) is 114 Å². The molecule has 6 atom stereocenters. The SMILES string of the molecule is CCCCCCCCCCCCCCCCOC[C@H](CO[C@@H]1O[C@H](COCc2ccccc2)[C@@H](OCc2ccccc2)[C@H](OCc2ccccc2)[C@H]1OC)OC. The summed E-state index contributed by atoms with van der Waals surface area (Å²) in [6.45, 7) is 5.22. The van der Waals surface area contributed by atoms with E-state index in [1.54, 1.807) is 14.2 Å². The highest BCUT2D eigenvalue weighted by atomic mass is 16.7. The first kappa shape index (κ1) is 46.0. The molecule has 0 unspecified atom stereocenters. The molecule has 0 amide bonds. The van der Waals surface area contributed by atoms with Gasteiger partial charge in [-0.1, -0.05) is 181 Å². The maximum Gasteiger partial charge on any atom is 0.187 e. The largest absolute Gasteiger partial charge is 0.379 e. The lowest BCUT2D eigenvalue weighted by Crippen LogP contribution is -2.61. The highest BCUT2D eigenvalue weighted by molar-refractivity contribution is 5.15. The molecule has 1 aliphatic heterocycles. The van der Waals surface area contributed by atoms with E-state index in [-0.39, 0.29) is 19.3 Å². The van der Waals surface area contributed by atoms with E-state index < -0.39 is 30.7 Å². The fraction of sp³-hybridized carbons (Fsp3) is 0.625. The van der Waals surface area contributed by atoms with Crippen LogP contribution in [0.15, 0.2) is 91.0 Å². The van der Waals surface area contributed by atoms with Crippen LogP contribution in [0.25, 0.3) is 0 Å². The van der Waals surface area contributed by atoms with Gasteiger partial charge in [0, 0.05) is 20.8 Å². The summed E-state index contributed by atoms with van der Waals surface area (Å²) < 4.78 is 50.7. The van der Waals surface area contributed by atoms with Gasteiger partial charge in [0.15, 0.2) is 6.29 Å². The van der Waals surface area contributed by atoms with E-state index >= 15 is 0 Å². The fourth-order valence-corrected chi connectivity index (χ4v) is 7.19. The van der Waals surface area contributed by atoms with Crippen molar-refractivity contribution in [3.8, 4) is 0 Å². The number of benzene rings is 3. The Hall–Kier alpha value is -2.66. The molecule has 56 heavy (non-hydrogen) atoms. The van der Waals surface area contributed by atoms with Crippen LogP contribution in [0.5, 0.6) is 0 Å². The summed E-state index contributed by atoms with van der Waals surface area (Å²) in [6, 6.07) is 30.4. The van der Waals surface area contributed by atoms with E-state index in [9.17, 15) is 0 Å². The van der Waals surface area contributed by atoms with Crippen molar-refractivity contribution in [3.63, 3.8) is 0 Å².